The van der Waals surface area contributed by atoms with E-state index >= 15 is 0 Å². The maximum atomic E-state index is 13.4. The van der Waals surface area contributed by atoms with Crippen LogP contribution in [0.15, 0.2) is 18.2 Å². The lowest BCUT2D eigenvalue weighted by atomic mass is 9.85. The van der Waals surface area contributed by atoms with Crippen LogP contribution in [0.3, 0.4) is 0 Å². The second kappa shape index (κ2) is 7.24. The topological polar surface area (TPSA) is 49.3 Å². The first-order chi connectivity index (χ1) is 10.1. The molecule has 0 spiro atoms. The zero-order valence-corrected chi connectivity index (χ0v) is 12.2. The number of amides is 1. The minimum Gasteiger partial charge on any atom is -0.384 e. The molecule has 1 aliphatic rings. The Labute approximate surface area is 124 Å². The molecule has 0 heterocycles. The van der Waals surface area contributed by atoms with Crippen LogP contribution < -0.4 is 5.32 Å². The summed E-state index contributed by atoms with van der Waals surface area (Å²) in [5, 5.41) is 11.8. The van der Waals surface area contributed by atoms with Crippen LogP contribution in [-0.4, -0.2) is 23.7 Å². The Hall–Kier alpha value is -1.86. The Kier molecular flexibility index (Phi) is 5.35. The summed E-state index contributed by atoms with van der Waals surface area (Å²) in [6, 6.07) is 4.07. The number of aliphatic hydroxyl groups is 1. The molecule has 4 heteroatoms. The first-order valence-corrected chi connectivity index (χ1v) is 7.32. The highest BCUT2D eigenvalue weighted by Gasteiger charge is 2.24. The number of benzene rings is 1. The highest BCUT2D eigenvalue weighted by molar-refractivity contribution is 5.97. The molecule has 1 aromatic carbocycles. The van der Waals surface area contributed by atoms with Gasteiger partial charge in [-0.1, -0.05) is 31.6 Å². The molecule has 2 atom stereocenters. The van der Waals surface area contributed by atoms with Gasteiger partial charge in [-0.2, -0.15) is 0 Å². The van der Waals surface area contributed by atoms with Crippen LogP contribution in [0, 0.1) is 23.6 Å². The Morgan fingerprint density at radius 3 is 2.90 bits per heavy atom. The number of carbonyl (C=O) groups is 1. The second-order valence-corrected chi connectivity index (χ2v) is 5.49. The van der Waals surface area contributed by atoms with Crippen molar-refractivity contribution in [1.29, 1.82) is 0 Å². The summed E-state index contributed by atoms with van der Waals surface area (Å²) in [4.78, 5) is 12.4. The third-order valence-corrected chi connectivity index (χ3v) is 3.96. The fraction of sp³-hybridized carbons (Fsp3) is 0.471. The van der Waals surface area contributed by atoms with Gasteiger partial charge in [0.25, 0.3) is 5.91 Å². The largest absolute Gasteiger partial charge is 0.384 e. The van der Waals surface area contributed by atoms with Gasteiger partial charge in [-0.3, -0.25) is 4.79 Å². The zero-order chi connectivity index (χ0) is 15.2. The van der Waals surface area contributed by atoms with Crippen LogP contribution in [0.4, 0.5) is 4.39 Å². The van der Waals surface area contributed by atoms with Gasteiger partial charge in [-0.25, -0.2) is 4.39 Å². The maximum absolute atomic E-state index is 13.4. The Bertz CT molecular complexity index is 574. The molecule has 0 radical (unpaired) electrons. The van der Waals surface area contributed by atoms with E-state index in [0.29, 0.717) is 11.5 Å². The van der Waals surface area contributed by atoms with Crippen LogP contribution in [0.2, 0.25) is 0 Å². The molecule has 1 saturated carbocycles. The lowest BCUT2D eigenvalue weighted by molar-refractivity contribution is 0.0909. The molecular weight excluding hydrogens is 269 g/mol. The monoisotopic (exact) mass is 289 g/mol. The van der Waals surface area contributed by atoms with E-state index < -0.39 is 5.82 Å². The first-order valence-electron chi connectivity index (χ1n) is 7.32. The van der Waals surface area contributed by atoms with Crippen molar-refractivity contribution in [3.63, 3.8) is 0 Å². The van der Waals surface area contributed by atoms with E-state index in [2.05, 4.69) is 24.1 Å². The van der Waals surface area contributed by atoms with Crippen molar-refractivity contribution < 1.29 is 14.3 Å². The fourth-order valence-corrected chi connectivity index (χ4v) is 2.72. The summed E-state index contributed by atoms with van der Waals surface area (Å²) >= 11 is 0. The van der Waals surface area contributed by atoms with Crippen molar-refractivity contribution in [3.8, 4) is 11.8 Å². The summed E-state index contributed by atoms with van der Waals surface area (Å²) in [6.45, 7) is 1.83. The van der Waals surface area contributed by atoms with Gasteiger partial charge in [0, 0.05) is 11.6 Å². The van der Waals surface area contributed by atoms with Crippen LogP contribution in [-0.2, 0) is 0 Å². The van der Waals surface area contributed by atoms with Gasteiger partial charge >= 0.3 is 0 Å². The smallest absolute Gasteiger partial charge is 0.252 e. The summed E-state index contributed by atoms with van der Waals surface area (Å²) in [6.07, 6.45) is 4.36. The van der Waals surface area contributed by atoms with Crippen molar-refractivity contribution in [2.24, 2.45) is 5.92 Å². The van der Waals surface area contributed by atoms with Crippen molar-refractivity contribution in [2.45, 2.75) is 38.6 Å². The molecule has 1 aromatic rings. The third-order valence-electron chi connectivity index (χ3n) is 3.96. The number of halogens is 1. The molecule has 1 aliphatic carbocycles. The first kappa shape index (κ1) is 15.5. The minimum atomic E-state index is -0.466. The van der Waals surface area contributed by atoms with Crippen molar-refractivity contribution in [1.82, 2.24) is 5.32 Å². The van der Waals surface area contributed by atoms with Crippen LogP contribution in [0.1, 0.15) is 48.5 Å². The van der Waals surface area contributed by atoms with Gasteiger partial charge in [-0.15, -0.1) is 0 Å². The van der Waals surface area contributed by atoms with E-state index in [1.54, 1.807) is 0 Å². The van der Waals surface area contributed by atoms with Gasteiger partial charge in [0.15, 0.2) is 0 Å². The Balaban J connectivity index is 2.19. The molecule has 1 fully saturated rings. The van der Waals surface area contributed by atoms with E-state index in [1.807, 2.05) is 0 Å². The van der Waals surface area contributed by atoms with Crippen molar-refractivity contribution >= 4 is 5.91 Å². The Morgan fingerprint density at radius 1 is 1.43 bits per heavy atom. The van der Waals surface area contributed by atoms with E-state index in [1.165, 1.54) is 24.6 Å². The molecule has 0 aliphatic heterocycles. The van der Waals surface area contributed by atoms with E-state index in [4.69, 9.17) is 5.11 Å². The number of nitrogens with one attached hydrogen (secondary N) is 1. The quantitative estimate of drug-likeness (QED) is 0.822. The number of hydrogen-bond donors (Lipinski definition) is 2. The highest BCUT2D eigenvalue weighted by Crippen LogP contribution is 2.24. The number of hydrogen-bond acceptors (Lipinski definition) is 2. The average Bonchev–Trinajstić information content (AvgIpc) is 2.48. The predicted molar refractivity (Wildman–Crippen MR) is 79.3 cm³/mol. The minimum absolute atomic E-state index is 0.133. The van der Waals surface area contributed by atoms with Gasteiger partial charge in [0.2, 0.25) is 0 Å². The molecule has 2 unspecified atom stereocenters. The number of rotatable bonds is 2. The molecule has 112 valence electrons. The summed E-state index contributed by atoms with van der Waals surface area (Å²) in [5.41, 5.74) is 0.667. The Morgan fingerprint density at radius 2 is 2.19 bits per heavy atom. The molecule has 2 N–H and O–H groups in total. The van der Waals surface area contributed by atoms with Crippen LogP contribution in [0.5, 0.6) is 0 Å². The zero-order valence-electron chi connectivity index (χ0n) is 12.2. The molecule has 21 heavy (non-hydrogen) atoms. The molecule has 0 aromatic heterocycles. The molecule has 2 rings (SSSR count). The molecule has 3 nitrogen and oxygen atoms in total. The van der Waals surface area contributed by atoms with E-state index in [-0.39, 0.29) is 24.1 Å². The van der Waals surface area contributed by atoms with Gasteiger partial charge in [-0.05, 0) is 37.0 Å². The SMILES string of the molecule is CC1CCCCC1NC(=O)c1cc(F)ccc1C#CCO. The fourth-order valence-electron chi connectivity index (χ4n) is 2.72. The summed E-state index contributed by atoms with van der Waals surface area (Å²) in [7, 11) is 0. The predicted octanol–water partition coefficient (Wildman–Crippen LogP) is 2.48. The van der Waals surface area contributed by atoms with E-state index in [9.17, 15) is 9.18 Å². The van der Waals surface area contributed by atoms with Crippen LogP contribution >= 0.6 is 0 Å². The molecule has 1 amide bonds. The lowest BCUT2D eigenvalue weighted by Crippen LogP contribution is -2.41. The van der Waals surface area contributed by atoms with Gasteiger partial charge < -0.3 is 10.4 Å². The van der Waals surface area contributed by atoms with Crippen molar-refractivity contribution in [3.05, 3.63) is 35.1 Å². The van der Waals surface area contributed by atoms with Crippen molar-refractivity contribution in [2.75, 3.05) is 6.61 Å². The standard InChI is InChI=1S/C17H20FNO2/c1-12-5-2-3-7-16(12)19-17(21)15-11-14(18)9-8-13(15)6-4-10-20/h8-9,11-12,16,20H,2-3,5,7,10H2,1H3,(H,19,21). The molecular formula is C17H20FNO2. The maximum Gasteiger partial charge on any atom is 0.252 e. The normalized spacial score (nSPS) is 21.3. The summed E-state index contributed by atoms with van der Waals surface area (Å²) < 4.78 is 13.4. The number of carbonyl (C=O) groups excluding carboxylic acids is 1. The molecule has 0 saturated heterocycles. The summed E-state index contributed by atoms with van der Waals surface area (Å²) in [5.74, 6) is 4.86. The number of aliphatic hydroxyl groups excluding tert-OH is 1. The highest BCUT2D eigenvalue weighted by atomic mass is 19.1. The van der Waals surface area contributed by atoms with E-state index in [0.717, 1.165) is 19.3 Å². The van der Waals surface area contributed by atoms with Gasteiger partial charge in [0.05, 0.1) is 5.56 Å². The third kappa shape index (κ3) is 4.05. The second-order valence-electron chi connectivity index (χ2n) is 5.49. The lowest BCUT2D eigenvalue weighted by Gasteiger charge is -2.29. The molecule has 0 bridgehead atoms. The average molecular weight is 289 g/mol. The van der Waals surface area contributed by atoms with Crippen LogP contribution in [0.25, 0.3) is 0 Å². The van der Waals surface area contributed by atoms with Gasteiger partial charge in [0.1, 0.15) is 12.4 Å².